The van der Waals surface area contributed by atoms with Crippen molar-refractivity contribution < 1.29 is 18.0 Å². The monoisotopic (exact) mass is 417 g/mol. The van der Waals surface area contributed by atoms with E-state index in [-0.39, 0.29) is 5.69 Å². The van der Waals surface area contributed by atoms with Crippen LogP contribution in [0.3, 0.4) is 0 Å². The smallest absolute Gasteiger partial charge is 0.307 e. The first-order valence-corrected chi connectivity index (χ1v) is 10.1. The lowest BCUT2D eigenvalue weighted by Crippen LogP contribution is -2.21. The first-order chi connectivity index (χ1) is 13.9. The number of nitrogens with one attached hydrogen (secondary N) is 2. The Hall–Kier alpha value is -2.87. The second-order valence-corrected chi connectivity index (χ2v) is 7.71. The molecule has 29 heavy (non-hydrogen) atoms. The molecule has 0 bridgehead atoms. The van der Waals surface area contributed by atoms with Gasteiger partial charge in [0.1, 0.15) is 0 Å². The molecule has 4 nitrogen and oxygen atoms in total. The first-order valence-electron chi connectivity index (χ1n) is 9.22. The largest absolute Gasteiger partial charge is 0.418 e. The molecule has 1 aliphatic carbocycles. The summed E-state index contributed by atoms with van der Waals surface area (Å²) in [6, 6.07) is 10.3. The van der Waals surface area contributed by atoms with Crippen molar-refractivity contribution in [2.75, 3.05) is 10.6 Å². The lowest BCUT2D eigenvalue weighted by atomic mass is 9.90. The summed E-state index contributed by atoms with van der Waals surface area (Å²) in [7, 11) is 0. The fourth-order valence-corrected chi connectivity index (χ4v) is 4.16. The number of hydrogen-bond acceptors (Lipinski definition) is 3. The van der Waals surface area contributed by atoms with E-state index in [1.54, 1.807) is 0 Å². The molecule has 0 saturated carbocycles. The van der Waals surface area contributed by atoms with Crippen LogP contribution in [0.1, 0.15) is 29.5 Å². The van der Waals surface area contributed by atoms with Crippen molar-refractivity contribution in [3.05, 3.63) is 64.5 Å². The SMILES string of the molecule is O=C(Nc1nc(-c2ccc3c(c2)CCCC3)cs1)Nc1ccccc1C(F)(F)F. The fraction of sp³-hybridized carbons (Fsp3) is 0.238. The molecule has 2 aromatic carbocycles. The van der Waals surface area contributed by atoms with E-state index in [1.165, 1.54) is 53.5 Å². The van der Waals surface area contributed by atoms with Crippen LogP contribution in [0.4, 0.5) is 28.8 Å². The Morgan fingerprint density at radius 3 is 2.55 bits per heavy atom. The maximum absolute atomic E-state index is 13.1. The number of thiazole rings is 1. The number of benzene rings is 2. The highest BCUT2D eigenvalue weighted by Gasteiger charge is 2.33. The third-order valence-corrected chi connectivity index (χ3v) is 5.61. The van der Waals surface area contributed by atoms with E-state index < -0.39 is 17.8 Å². The molecule has 1 aliphatic rings. The van der Waals surface area contributed by atoms with Crippen molar-refractivity contribution >= 4 is 28.2 Å². The fourth-order valence-electron chi connectivity index (χ4n) is 3.45. The van der Waals surface area contributed by atoms with Crippen LogP contribution in [0.2, 0.25) is 0 Å². The molecule has 2 amide bonds. The molecule has 0 spiro atoms. The van der Waals surface area contributed by atoms with Crippen molar-refractivity contribution in [1.29, 1.82) is 0 Å². The van der Waals surface area contributed by atoms with Crippen LogP contribution < -0.4 is 10.6 Å². The van der Waals surface area contributed by atoms with Gasteiger partial charge in [-0.25, -0.2) is 9.78 Å². The third-order valence-electron chi connectivity index (χ3n) is 4.85. The highest BCUT2D eigenvalue weighted by Crippen LogP contribution is 2.35. The lowest BCUT2D eigenvalue weighted by molar-refractivity contribution is -0.136. The highest BCUT2D eigenvalue weighted by molar-refractivity contribution is 7.14. The molecule has 0 radical (unpaired) electrons. The number of carbonyl (C=O) groups is 1. The Balaban J connectivity index is 1.47. The minimum Gasteiger partial charge on any atom is -0.307 e. The van der Waals surface area contributed by atoms with Crippen LogP contribution in [0, 0.1) is 0 Å². The minimum atomic E-state index is -4.55. The van der Waals surface area contributed by atoms with Gasteiger partial charge in [0.2, 0.25) is 0 Å². The van der Waals surface area contributed by atoms with Gasteiger partial charge in [0.15, 0.2) is 5.13 Å². The van der Waals surface area contributed by atoms with Crippen LogP contribution >= 0.6 is 11.3 Å². The zero-order valence-electron chi connectivity index (χ0n) is 15.3. The standard InChI is InChI=1S/C21H18F3N3OS/c22-21(23,24)16-7-3-4-8-17(16)25-19(28)27-20-26-18(12-29-20)15-10-9-13-5-1-2-6-14(13)11-15/h3-4,7-12H,1-2,5-6H2,(H2,25,26,27,28). The maximum Gasteiger partial charge on any atom is 0.418 e. The van der Waals surface area contributed by atoms with Crippen LogP contribution in [-0.4, -0.2) is 11.0 Å². The van der Waals surface area contributed by atoms with Gasteiger partial charge in [0.05, 0.1) is 16.9 Å². The summed E-state index contributed by atoms with van der Waals surface area (Å²) in [4.78, 5) is 16.6. The van der Waals surface area contributed by atoms with Gasteiger partial charge in [0.25, 0.3) is 0 Å². The zero-order chi connectivity index (χ0) is 20.4. The molecule has 0 atom stereocenters. The molecule has 8 heteroatoms. The van der Waals surface area contributed by atoms with Crippen molar-refractivity contribution in [3.63, 3.8) is 0 Å². The van der Waals surface area contributed by atoms with Crippen molar-refractivity contribution in [1.82, 2.24) is 4.98 Å². The van der Waals surface area contributed by atoms with Gasteiger partial charge in [-0.05, 0) is 55.0 Å². The Morgan fingerprint density at radius 1 is 1.00 bits per heavy atom. The van der Waals surface area contributed by atoms with E-state index in [2.05, 4.69) is 27.8 Å². The van der Waals surface area contributed by atoms with Gasteiger partial charge >= 0.3 is 12.2 Å². The molecule has 1 heterocycles. The average molecular weight is 417 g/mol. The second kappa shape index (κ2) is 7.87. The number of rotatable bonds is 3. The predicted octanol–water partition coefficient (Wildman–Crippen LogP) is 6.35. The molecule has 3 aromatic rings. The summed E-state index contributed by atoms with van der Waals surface area (Å²) in [5.41, 5.74) is 3.20. The maximum atomic E-state index is 13.1. The Kier molecular flexibility index (Phi) is 5.27. The van der Waals surface area contributed by atoms with E-state index in [0.717, 1.165) is 30.2 Å². The first kappa shape index (κ1) is 19.4. The number of nitrogens with zero attached hydrogens (tertiary/aromatic N) is 1. The summed E-state index contributed by atoms with van der Waals surface area (Å²) in [6.07, 6.45) is -0.00719. The van der Waals surface area contributed by atoms with Crippen LogP contribution in [-0.2, 0) is 19.0 Å². The second-order valence-electron chi connectivity index (χ2n) is 6.85. The number of alkyl halides is 3. The van der Waals surface area contributed by atoms with Crippen LogP contribution in [0.25, 0.3) is 11.3 Å². The van der Waals surface area contributed by atoms with Gasteiger partial charge in [-0.1, -0.05) is 24.3 Å². The van der Waals surface area contributed by atoms with Crippen LogP contribution in [0.15, 0.2) is 47.8 Å². The van der Waals surface area contributed by atoms with E-state index in [9.17, 15) is 18.0 Å². The molecule has 1 aromatic heterocycles. The number of para-hydroxylation sites is 1. The quantitative estimate of drug-likeness (QED) is 0.522. The number of amides is 2. The number of fused-ring (bicyclic) bond motifs is 1. The van der Waals surface area contributed by atoms with Crippen molar-refractivity contribution in [2.45, 2.75) is 31.9 Å². The molecular weight excluding hydrogens is 399 g/mol. The Labute approximate surface area is 169 Å². The zero-order valence-corrected chi connectivity index (χ0v) is 16.2. The molecule has 150 valence electrons. The molecule has 0 aliphatic heterocycles. The van der Waals surface area contributed by atoms with Gasteiger partial charge < -0.3 is 5.32 Å². The van der Waals surface area contributed by atoms with E-state index in [0.29, 0.717) is 5.13 Å². The highest BCUT2D eigenvalue weighted by atomic mass is 32.1. The number of aryl methyl sites for hydroxylation is 2. The Bertz CT molecular complexity index is 1050. The van der Waals surface area contributed by atoms with E-state index in [1.807, 2.05) is 11.4 Å². The minimum absolute atomic E-state index is 0.302. The number of halogens is 3. The summed E-state index contributed by atoms with van der Waals surface area (Å²) in [5.74, 6) is 0. The van der Waals surface area contributed by atoms with Gasteiger partial charge in [-0.15, -0.1) is 11.3 Å². The van der Waals surface area contributed by atoms with Gasteiger partial charge in [-0.3, -0.25) is 5.32 Å². The average Bonchev–Trinajstić information content (AvgIpc) is 3.15. The topological polar surface area (TPSA) is 54.0 Å². The van der Waals surface area contributed by atoms with E-state index in [4.69, 9.17) is 0 Å². The number of carbonyl (C=O) groups excluding carboxylic acids is 1. The van der Waals surface area contributed by atoms with E-state index >= 15 is 0 Å². The van der Waals surface area contributed by atoms with Crippen molar-refractivity contribution in [3.8, 4) is 11.3 Å². The molecule has 4 rings (SSSR count). The van der Waals surface area contributed by atoms with Crippen LogP contribution in [0.5, 0.6) is 0 Å². The summed E-state index contributed by atoms with van der Waals surface area (Å²) in [5, 5.41) is 6.91. The summed E-state index contributed by atoms with van der Waals surface area (Å²) >= 11 is 1.23. The number of aromatic nitrogens is 1. The number of anilines is 2. The molecule has 0 saturated heterocycles. The van der Waals surface area contributed by atoms with Gasteiger partial charge in [-0.2, -0.15) is 13.2 Å². The van der Waals surface area contributed by atoms with Gasteiger partial charge in [0, 0.05) is 10.9 Å². The normalized spacial score (nSPS) is 13.6. The Morgan fingerprint density at radius 2 is 1.76 bits per heavy atom. The number of hydrogen-bond donors (Lipinski definition) is 2. The van der Waals surface area contributed by atoms with Crippen molar-refractivity contribution in [2.24, 2.45) is 0 Å². The molecule has 0 fully saturated rings. The molecular formula is C21H18F3N3OS. The summed E-state index contributed by atoms with van der Waals surface area (Å²) in [6.45, 7) is 0. The molecule has 0 unspecified atom stereocenters. The molecule has 2 N–H and O–H groups in total. The summed E-state index contributed by atoms with van der Waals surface area (Å²) < 4.78 is 39.2. The lowest BCUT2D eigenvalue weighted by Gasteiger charge is -2.16. The third kappa shape index (κ3) is 4.42. The number of urea groups is 1. The predicted molar refractivity (Wildman–Crippen MR) is 108 cm³/mol.